The summed E-state index contributed by atoms with van der Waals surface area (Å²) in [6.07, 6.45) is 2.46. The first kappa shape index (κ1) is 19.0. The summed E-state index contributed by atoms with van der Waals surface area (Å²) in [5.41, 5.74) is 8.84. The van der Waals surface area contributed by atoms with Gasteiger partial charge in [-0.25, -0.2) is 4.52 Å². The van der Waals surface area contributed by atoms with Crippen LogP contribution in [0.3, 0.4) is 0 Å². The van der Waals surface area contributed by atoms with Gasteiger partial charge in [0.05, 0.1) is 5.52 Å². The van der Waals surface area contributed by atoms with Crippen LogP contribution in [0.1, 0.15) is 24.5 Å². The molecule has 0 atom stereocenters. The van der Waals surface area contributed by atoms with E-state index in [-0.39, 0.29) is 0 Å². The molecule has 0 spiro atoms. The summed E-state index contributed by atoms with van der Waals surface area (Å²) in [5, 5.41) is 10.1. The van der Waals surface area contributed by atoms with Crippen molar-refractivity contribution in [3.63, 3.8) is 0 Å². The Labute approximate surface area is 202 Å². The van der Waals surface area contributed by atoms with Gasteiger partial charge in [-0.05, 0) is 54.1 Å². The zero-order valence-corrected chi connectivity index (χ0v) is 19.1. The van der Waals surface area contributed by atoms with Gasteiger partial charge in [0.1, 0.15) is 16.9 Å². The van der Waals surface area contributed by atoms with Gasteiger partial charge in [-0.15, -0.1) is 0 Å². The maximum atomic E-state index is 6.11. The van der Waals surface area contributed by atoms with Gasteiger partial charge in [0.2, 0.25) is 0 Å². The van der Waals surface area contributed by atoms with Gasteiger partial charge in [-0.3, -0.25) is 0 Å². The van der Waals surface area contributed by atoms with Crippen LogP contribution >= 0.6 is 0 Å². The molecule has 1 saturated carbocycles. The number of rotatable bonds is 3. The number of para-hydroxylation sites is 1. The molecule has 0 unspecified atom stereocenters. The summed E-state index contributed by atoms with van der Waals surface area (Å²) in [5.74, 6) is 0.582. The first-order valence-electron chi connectivity index (χ1n) is 12.3. The van der Waals surface area contributed by atoms with Crippen molar-refractivity contribution in [3.8, 4) is 22.4 Å². The quantitative estimate of drug-likeness (QED) is 0.270. The molecule has 0 bridgehead atoms. The molecule has 0 radical (unpaired) electrons. The van der Waals surface area contributed by atoms with Gasteiger partial charge in [-0.1, -0.05) is 72.8 Å². The van der Waals surface area contributed by atoms with Crippen LogP contribution in [0.5, 0.6) is 0 Å². The van der Waals surface area contributed by atoms with E-state index in [4.69, 9.17) is 9.52 Å². The molecule has 1 aliphatic carbocycles. The van der Waals surface area contributed by atoms with Crippen LogP contribution in [0.4, 0.5) is 0 Å². The molecule has 1 aliphatic rings. The van der Waals surface area contributed by atoms with Crippen LogP contribution in [-0.4, -0.2) is 9.61 Å². The summed E-state index contributed by atoms with van der Waals surface area (Å²) in [7, 11) is 0. The largest absolute Gasteiger partial charge is 0.456 e. The molecule has 166 valence electrons. The van der Waals surface area contributed by atoms with Crippen LogP contribution in [0, 0.1) is 0 Å². The summed E-state index contributed by atoms with van der Waals surface area (Å²) in [6.45, 7) is 0. The minimum atomic E-state index is 0.582. The van der Waals surface area contributed by atoms with Crippen LogP contribution in [0.15, 0.2) is 108 Å². The molecule has 8 rings (SSSR count). The van der Waals surface area contributed by atoms with Gasteiger partial charge in [0, 0.05) is 38.9 Å². The van der Waals surface area contributed by atoms with Crippen molar-refractivity contribution in [2.75, 3.05) is 0 Å². The highest BCUT2D eigenvalue weighted by Gasteiger charge is 2.29. The topological polar surface area (TPSA) is 30.4 Å². The Morgan fingerprint density at radius 3 is 2.26 bits per heavy atom. The van der Waals surface area contributed by atoms with Gasteiger partial charge < -0.3 is 4.42 Å². The maximum Gasteiger partial charge on any atom is 0.135 e. The lowest BCUT2D eigenvalue weighted by atomic mass is 9.96. The normalized spacial score (nSPS) is 13.9. The molecule has 4 aromatic carbocycles. The molecule has 1 fully saturated rings. The molecular weight excluding hydrogens is 428 g/mol. The predicted octanol–water partition coefficient (Wildman–Crippen LogP) is 8.60. The van der Waals surface area contributed by atoms with Crippen LogP contribution in [0.25, 0.3) is 60.6 Å². The van der Waals surface area contributed by atoms with Crippen molar-refractivity contribution in [2.24, 2.45) is 0 Å². The summed E-state index contributed by atoms with van der Waals surface area (Å²) >= 11 is 0. The first-order chi connectivity index (χ1) is 17.3. The van der Waals surface area contributed by atoms with E-state index in [0.717, 1.165) is 33.2 Å². The Hall–Kier alpha value is -4.37. The average molecular weight is 451 g/mol. The highest BCUT2D eigenvalue weighted by Crippen LogP contribution is 2.45. The van der Waals surface area contributed by atoms with Gasteiger partial charge in [-0.2, -0.15) is 5.10 Å². The monoisotopic (exact) mass is 450 g/mol. The zero-order chi connectivity index (χ0) is 22.9. The Kier molecular flexibility index (Phi) is 3.83. The SMILES string of the molecule is c1ccc(-c2c(-c3ccc4oc5ccccc5c4c3)nn3c(C4CC4)cc4ccccc4c23)cc1. The van der Waals surface area contributed by atoms with Crippen molar-refractivity contribution in [2.45, 2.75) is 18.8 Å². The number of pyridine rings is 1. The Morgan fingerprint density at radius 2 is 1.40 bits per heavy atom. The zero-order valence-electron chi connectivity index (χ0n) is 19.1. The van der Waals surface area contributed by atoms with E-state index in [2.05, 4.69) is 95.5 Å². The third kappa shape index (κ3) is 2.82. The second-order valence-corrected chi connectivity index (χ2v) is 9.59. The van der Waals surface area contributed by atoms with E-state index in [9.17, 15) is 0 Å². The molecule has 3 nitrogen and oxygen atoms in total. The molecular formula is C32H22N2O. The minimum Gasteiger partial charge on any atom is -0.456 e. The van der Waals surface area contributed by atoms with Crippen LogP contribution in [-0.2, 0) is 0 Å². The Balaban J connectivity index is 1.51. The van der Waals surface area contributed by atoms with E-state index in [1.54, 1.807) is 0 Å². The highest BCUT2D eigenvalue weighted by molar-refractivity contribution is 6.10. The highest BCUT2D eigenvalue weighted by atomic mass is 16.3. The van der Waals surface area contributed by atoms with Gasteiger partial charge in [0.15, 0.2) is 0 Å². The van der Waals surface area contributed by atoms with Crippen molar-refractivity contribution in [1.29, 1.82) is 0 Å². The summed E-state index contributed by atoms with van der Waals surface area (Å²) < 4.78 is 8.34. The molecule has 3 heteroatoms. The van der Waals surface area contributed by atoms with E-state index in [1.807, 2.05) is 12.1 Å². The molecule has 3 aromatic heterocycles. The fourth-order valence-corrected chi connectivity index (χ4v) is 5.54. The number of hydrogen-bond acceptors (Lipinski definition) is 2. The number of benzene rings is 4. The standard InChI is InChI=1S/C32H22N2O/c1-2-8-21(9-3-1)30-31(23-16-17-29-26(18-23)25-12-6-7-13-28(25)35-29)33-34-27(20-14-15-20)19-22-10-4-5-11-24(22)32(30)34/h1-13,16-20H,14-15H2. The fourth-order valence-electron chi connectivity index (χ4n) is 5.54. The Bertz CT molecular complexity index is 1910. The number of hydrogen-bond donors (Lipinski definition) is 0. The molecule has 0 amide bonds. The predicted molar refractivity (Wildman–Crippen MR) is 143 cm³/mol. The molecule has 35 heavy (non-hydrogen) atoms. The fraction of sp³-hybridized carbons (Fsp3) is 0.0938. The van der Waals surface area contributed by atoms with E-state index < -0.39 is 0 Å². The smallest absolute Gasteiger partial charge is 0.135 e. The third-order valence-electron chi connectivity index (χ3n) is 7.36. The molecule has 0 N–H and O–H groups in total. The lowest BCUT2D eigenvalue weighted by Crippen LogP contribution is -1.98. The second-order valence-electron chi connectivity index (χ2n) is 9.59. The second kappa shape index (κ2) is 7.07. The van der Waals surface area contributed by atoms with E-state index in [0.29, 0.717) is 5.92 Å². The molecule has 7 aromatic rings. The minimum absolute atomic E-state index is 0.582. The van der Waals surface area contributed by atoms with Crippen LogP contribution in [0.2, 0.25) is 0 Å². The van der Waals surface area contributed by atoms with Gasteiger partial charge >= 0.3 is 0 Å². The van der Waals surface area contributed by atoms with Crippen molar-refractivity contribution >= 4 is 38.2 Å². The number of fused-ring (bicyclic) bond motifs is 6. The van der Waals surface area contributed by atoms with Crippen molar-refractivity contribution in [3.05, 3.63) is 109 Å². The number of aromatic nitrogens is 2. The summed E-state index contributed by atoms with van der Waals surface area (Å²) in [4.78, 5) is 0. The number of nitrogens with zero attached hydrogens (tertiary/aromatic N) is 2. The van der Waals surface area contributed by atoms with Crippen molar-refractivity contribution < 1.29 is 4.42 Å². The lowest BCUT2D eigenvalue weighted by Gasteiger charge is -2.09. The average Bonchev–Trinajstić information content (AvgIpc) is 3.58. The first-order valence-corrected chi connectivity index (χ1v) is 12.3. The molecule has 0 saturated heterocycles. The third-order valence-corrected chi connectivity index (χ3v) is 7.36. The van der Waals surface area contributed by atoms with Crippen molar-refractivity contribution in [1.82, 2.24) is 9.61 Å². The molecule has 3 heterocycles. The van der Waals surface area contributed by atoms with Crippen LogP contribution < -0.4 is 0 Å². The van der Waals surface area contributed by atoms with E-state index in [1.165, 1.54) is 46.0 Å². The maximum absolute atomic E-state index is 6.11. The summed E-state index contributed by atoms with van der Waals surface area (Å²) in [6, 6.07) is 36.5. The van der Waals surface area contributed by atoms with Gasteiger partial charge in [0.25, 0.3) is 0 Å². The lowest BCUT2D eigenvalue weighted by molar-refractivity contribution is 0.669. The van der Waals surface area contributed by atoms with E-state index >= 15 is 0 Å². The number of furan rings is 1. The Morgan fingerprint density at radius 1 is 0.657 bits per heavy atom. The molecule has 0 aliphatic heterocycles.